The van der Waals surface area contributed by atoms with Gasteiger partial charge in [0.05, 0.1) is 13.7 Å². The number of nitrogens with zero attached hydrogens (tertiary/aromatic N) is 1. The Morgan fingerprint density at radius 2 is 2.15 bits per heavy atom. The van der Waals surface area contributed by atoms with Gasteiger partial charge in [-0.25, -0.2) is 5.43 Å². The maximum atomic E-state index is 11.6. The van der Waals surface area contributed by atoms with Crippen LogP contribution in [0.15, 0.2) is 29.4 Å². The second kappa shape index (κ2) is 8.96. The Bertz CT molecular complexity index is 442. The largest absolute Gasteiger partial charge is 0.497 e. The molecule has 5 heteroatoms. The zero-order valence-corrected chi connectivity index (χ0v) is 12.3. The van der Waals surface area contributed by atoms with Gasteiger partial charge in [0.25, 0.3) is 5.91 Å². The molecule has 0 bridgehead atoms. The minimum absolute atomic E-state index is 0.171. The molecular weight excluding hydrogens is 254 g/mol. The van der Waals surface area contributed by atoms with Crippen LogP contribution in [0.2, 0.25) is 0 Å². The number of hydrazone groups is 1. The molecule has 0 aliphatic heterocycles. The van der Waals surface area contributed by atoms with Crippen molar-refractivity contribution in [1.29, 1.82) is 0 Å². The molecule has 110 valence electrons. The van der Waals surface area contributed by atoms with E-state index in [0.29, 0.717) is 5.92 Å². The lowest BCUT2D eigenvalue weighted by Crippen LogP contribution is -2.26. The van der Waals surface area contributed by atoms with Gasteiger partial charge in [-0.15, -0.1) is 0 Å². The number of anilines is 1. The molecular formula is C15H23N3O2. The highest BCUT2D eigenvalue weighted by Gasteiger charge is 2.02. The van der Waals surface area contributed by atoms with Crippen molar-refractivity contribution in [2.24, 2.45) is 11.0 Å². The number of carbonyl (C=O) groups is 1. The lowest BCUT2D eigenvalue weighted by molar-refractivity contribution is -0.119. The number of hydrogen-bond donors (Lipinski definition) is 2. The Morgan fingerprint density at radius 1 is 1.40 bits per heavy atom. The predicted octanol–water partition coefficient (Wildman–Crippen LogP) is 2.65. The van der Waals surface area contributed by atoms with Gasteiger partial charge in [-0.3, -0.25) is 4.79 Å². The lowest BCUT2D eigenvalue weighted by Gasteiger charge is -2.07. The second-order valence-electron chi connectivity index (χ2n) is 4.48. The zero-order valence-electron chi connectivity index (χ0n) is 12.3. The molecule has 0 saturated heterocycles. The number of carbonyl (C=O) groups excluding carboxylic acids is 1. The Balaban J connectivity index is 2.36. The van der Waals surface area contributed by atoms with Gasteiger partial charge in [0, 0.05) is 18.0 Å². The fourth-order valence-corrected chi connectivity index (χ4v) is 1.67. The Labute approximate surface area is 120 Å². The maximum Gasteiger partial charge on any atom is 0.259 e. The smallest absolute Gasteiger partial charge is 0.259 e. The van der Waals surface area contributed by atoms with Gasteiger partial charge in [-0.1, -0.05) is 19.9 Å². The van der Waals surface area contributed by atoms with Crippen molar-refractivity contribution in [3.63, 3.8) is 0 Å². The number of amides is 1. The van der Waals surface area contributed by atoms with E-state index in [1.54, 1.807) is 13.3 Å². The van der Waals surface area contributed by atoms with Gasteiger partial charge in [0.15, 0.2) is 0 Å². The summed E-state index contributed by atoms with van der Waals surface area (Å²) in [5.74, 6) is 0.999. The third-order valence-corrected chi connectivity index (χ3v) is 3.05. The standard InChI is InChI=1S/C15H23N3O2/c1-4-12(5-2)10-17-18-15(19)11-16-13-7-6-8-14(9-13)20-3/h6-10,12,16H,4-5,11H2,1-3H3,(H,18,19)/b17-10-. The van der Waals surface area contributed by atoms with Crippen LogP contribution >= 0.6 is 0 Å². The van der Waals surface area contributed by atoms with Crippen LogP contribution in [0, 0.1) is 5.92 Å². The summed E-state index contributed by atoms with van der Waals surface area (Å²) in [7, 11) is 1.61. The highest BCUT2D eigenvalue weighted by molar-refractivity contribution is 5.81. The fraction of sp³-hybridized carbons (Fsp3) is 0.467. The summed E-state index contributed by atoms with van der Waals surface area (Å²) in [4.78, 5) is 11.6. The molecule has 0 fully saturated rings. The van der Waals surface area contributed by atoms with E-state index < -0.39 is 0 Å². The molecule has 0 aromatic heterocycles. The summed E-state index contributed by atoms with van der Waals surface area (Å²) >= 11 is 0. The van der Waals surface area contributed by atoms with Crippen LogP contribution in [0.1, 0.15) is 26.7 Å². The van der Waals surface area contributed by atoms with Gasteiger partial charge in [-0.2, -0.15) is 5.10 Å². The van der Waals surface area contributed by atoms with Gasteiger partial charge in [0.2, 0.25) is 0 Å². The van der Waals surface area contributed by atoms with Gasteiger partial charge in [0.1, 0.15) is 5.75 Å². The summed E-state index contributed by atoms with van der Waals surface area (Å²) in [6, 6.07) is 7.43. The Hall–Kier alpha value is -2.04. The van der Waals surface area contributed by atoms with Crippen molar-refractivity contribution in [3.05, 3.63) is 24.3 Å². The third-order valence-electron chi connectivity index (χ3n) is 3.05. The third kappa shape index (κ3) is 5.73. The number of nitrogens with one attached hydrogen (secondary N) is 2. The average Bonchev–Trinajstić information content (AvgIpc) is 2.49. The number of rotatable bonds is 8. The molecule has 0 radical (unpaired) electrons. The molecule has 1 aromatic rings. The molecule has 5 nitrogen and oxygen atoms in total. The normalized spacial score (nSPS) is 10.8. The summed E-state index contributed by atoms with van der Waals surface area (Å²) in [5.41, 5.74) is 3.35. The van der Waals surface area contributed by atoms with Crippen molar-refractivity contribution in [2.75, 3.05) is 19.0 Å². The summed E-state index contributed by atoms with van der Waals surface area (Å²) in [6.07, 6.45) is 3.85. The van der Waals surface area contributed by atoms with Crippen LogP contribution in [0.25, 0.3) is 0 Å². The van der Waals surface area contributed by atoms with E-state index in [4.69, 9.17) is 4.74 Å². The van der Waals surface area contributed by atoms with Gasteiger partial charge in [-0.05, 0) is 30.9 Å². The summed E-state index contributed by atoms with van der Waals surface area (Å²) in [6.45, 7) is 4.38. The Kier molecular flexibility index (Phi) is 7.17. The summed E-state index contributed by atoms with van der Waals surface area (Å²) in [5, 5.41) is 6.99. The first-order valence-corrected chi connectivity index (χ1v) is 6.89. The van der Waals surface area contributed by atoms with Crippen molar-refractivity contribution >= 4 is 17.8 Å². The number of ether oxygens (including phenoxy) is 1. The van der Waals surface area contributed by atoms with E-state index in [1.165, 1.54) is 0 Å². The van der Waals surface area contributed by atoms with Crippen LogP contribution in [0.3, 0.4) is 0 Å². The number of benzene rings is 1. The molecule has 0 unspecified atom stereocenters. The van der Waals surface area contributed by atoms with E-state index in [1.807, 2.05) is 24.3 Å². The van der Waals surface area contributed by atoms with Crippen molar-refractivity contribution < 1.29 is 9.53 Å². The molecule has 1 amide bonds. The Morgan fingerprint density at radius 3 is 2.80 bits per heavy atom. The van der Waals surface area contributed by atoms with Gasteiger partial charge >= 0.3 is 0 Å². The fourth-order valence-electron chi connectivity index (χ4n) is 1.67. The molecule has 1 rings (SSSR count). The van der Waals surface area contributed by atoms with E-state index in [0.717, 1.165) is 24.3 Å². The molecule has 20 heavy (non-hydrogen) atoms. The van der Waals surface area contributed by atoms with E-state index in [2.05, 4.69) is 29.7 Å². The molecule has 1 aromatic carbocycles. The quantitative estimate of drug-likeness (QED) is 0.567. The van der Waals surface area contributed by atoms with Crippen molar-refractivity contribution in [3.8, 4) is 5.75 Å². The predicted molar refractivity (Wildman–Crippen MR) is 82.2 cm³/mol. The van der Waals surface area contributed by atoms with Crippen LogP contribution in [0.5, 0.6) is 5.75 Å². The molecule has 0 spiro atoms. The van der Waals surface area contributed by atoms with E-state index in [-0.39, 0.29) is 12.5 Å². The number of hydrogen-bond acceptors (Lipinski definition) is 4. The monoisotopic (exact) mass is 277 g/mol. The minimum Gasteiger partial charge on any atom is -0.497 e. The van der Waals surface area contributed by atoms with Crippen molar-refractivity contribution in [1.82, 2.24) is 5.43 Å². The molecule has 0 saturated carbocycles. The van der Waals surface area contributed by atoms with Crippen LogP contribution in [-0.4, -0.2) is 25.8 Å². The van der Waals surface area contributed by atoms with Crippen LogP contribution in [0.4, 0.5) is 5.69 Å². The highest BCUT2D eigenvalue weighted by atomic mass is 16.5. The van der Waals surface area contributed by atoms with Crippen molar-refractivity contribution in [2.45, 2.75) is 26.7 Å². The number of methoxy groups -OCH3 is 1. The minimum atomic E-state index is -0.171. The lowest BCUT2D eigenvalue weighted by atomic mass is 10.1. The van der Waals surface area contributed by atoms with Gasteiger partial charge < -0.3 is 10.1 Å². The van der Waals surface area contributed by atoms with E-state index >= 15 is 0 Å². The summed E-state index contributed by atoms with van der Waals surface area (Å²) < 4.78 is 5.11. The molecule has 2 N–H and O–H groups in total. The topological polar surface area (TPSA) is 62.7 Å². The van der Waals surface area contributed by atoms with E-state index in [9.17, 15) is 4.79 Å². The second-order valence-corrected chi connectivity index (χ2v) is 4.48. The molecule has 0 aliphatic carbocycles. The van der Waals surface area contributed by atoms with Crippen LogP contribution < -0.4 is 15.5 Å². The highest BCUT2D eigenvalue weighted by Crippen LogP contribution is 2.16. The maximum absolute atomic E-state index is 11.6. The zero-order chi connectivity index (χ0) is 14.8. The first-order chi connectivity index (χ1) is 9.69. The molecule has 0 atom stereocenters. The molecule has 0 heterocycles. The first-order valence-electron chi connectivity index (χ1n) is 6.89. The first kappa shape index (κ1) is 16.0. The average molecular weight is 277 g/mol. The SMILES string of the molecule is CCC(/C=N\NC(=O)CNc1cccc(OC)c1)CC. The molecule has 0 aliphatic rings. The van der Waals surface area contributed by atoms with Crippen LogP contribution in [-0.2, 0) is 4.79 Å².